The summed E-state index contributed by atoms with van der Waals surface area (Å²) in [5.41, 5.74) is 12.4. The number of allylic oxidation sites excluding steroid dienone is 1. The van der Waals surface area contributed by atoms with Gasteiger partial charge in [-0.3, -0.25) is 4.98 Å². The molecule has 32 heavy (non-hydrogen) atoms. The van der Waals surface area contributed by atoms with Gasteiger partial charge in [0.2, 0.25) is 0 Å². The van der Waals surface area contributed by atoms with Crippen LogP contribution in [0.15, 0.2) is 37.1 Å². The molecule has 4 nitrogen and oxygen atoms in total. The molecule has 6 heteroatoms. The van der Waals surface area contributed by atoms with Crippen LogP contribution in [0.25, 0.3) is 22.3 Å². The van der Waals surface area contributed by atoms with E-state index in [1.54, 1.807) is 12.1 Å². The molecule has 0 saturated heterocycles. The number of rotatable bonds is 9. The van der Waals surface area contributed by atoms with Gasteiger partial charge in [0.25, 0.3) is 0 Å². The Morgan fingerprint density at radius 3 is 2.69 bits per heavy atom. The Hall–Kier alpha value is -2.73. The minimum absolute atomic E-state index is 0.189. The summed E-state index contributed by atoms with van der Waals surface area (Å²) < 4.78 is 30.0. The van der Waals surface area contributed by atoms with Gasteiger partial charge in [0, 0.05) is 30.2 Å². The Labute approximate surface area is 188 Å². The summed E-state index contributed by atoms with van der Waals surface area (Å²) >= 11 is 0. The fourth-order valence-electron chi connectivity index (χ4n) is 4.50. The fraction of sp³-hybridized carbons (Fsp3) is 0.423. The number of anilines is 1. The van der Waals surface area contributed by atoms with Crippen molar-refractivity contribution < 1.29 is 8.78 Å². The molecule has 2 aromatic heterocycles. The van der Waals surface area contributed by atoms with Crippen LogP contribution >= 0.6 is 0 Å². The maximum atomic E-state index is 14.5. The molecule has 0 bridgehead atoms. The lowest BCUT2D eigenvalue weighted by Crippen LogP contribution is -2.30. The lowest BCUT2D eigenvalue weighted by atomic mass is 9.92. The molecule has 1 aliphatic carbocycles. The first-order chi connectivity index (χ1) is 15.5. The smallest absolute Gasteiger partial charge is 0.127 e. The molecule has 0 radical (unpaired) electrons. The van der Waals surface area contributed by atoms with Crippen LogP contribution in [0.2, 0.25) is 0 Å². The number of fused-ring (bicyclic) bond motifs is 1. The van der Waals surface area contributed by atoms with E-state index >= 15 is 0 Å². The van der Waals surface area contributed by atoms with E-state index in [0.29, 0.717) is 23.8 Å². The van der Waals surface area contributed by atoms with Gasteiger partial charge in [0.05, 0.1) is 22.6 Å². The maximum Gasteiger partial charge on any atom is 0.127 e. The quantitative estimate of drug-likeness (QED) is 0.393. The first-order valence-corrected chi connectivity index (χ1v) is 11.4. The van der Waals surface area contributed by atoms with Crippen LogP contribution in [-0.2, 0) is 6.54 Å². The Kier molecular flexibility index (Phi) is 6.60. The summed E-state index contributed by atoms with van der Waals surface area (Å²) in [5.74, 6) is -0.229. The van der Waals surface area contributed by atoms with Gasteiger partial charge in [-0.05, 0) is 74.8 Å². The molecule has 0 spiro atoms. The highest BCUT2D eigenvalue weighted by Crippen LogP contribution is 2.45. The third-order valence-electron chi connectivity index (χ3n) is 6.84. The van der Waals surface area contributed by atoms with Crippen molar-refractivity contribution >= 4 is 16.6 Å². The van der Waals surface area contributed by atoms with E-state index in [0.717, 1.165) is 59.1 Å². The molecule has 1 unspecified atom stereocenters. The standard InChI is InChI=1S/C26H32F2N4/c1-4-5-7-19(13-27)30-14-18-10-11-23(31-15-18)26-24(29)21-12-22(28)16(2)17(3)25(21)32(26)20-8-6-9-20/h4,10-12,15,19-20,30H,1,5-9,13-14,29H2,2-3H3. The van der Waals surface area contributed by atoms with Crippen LogP contribution in [0, 0.1) is 19.7 Å². The molecular weight excluding hydrogens is 406 g/mol. The Morgan fingerprint density at radius 1 is 1.31 bits per heavy atom. The topological polar surface area (TPSA) is 55.9 Å². The van der Waals surface area contributed by atoms with E-state index in [4.69, 9.17) is 10.7 Å². The second-order valence-electron chi connectivity index (χ2n) is 8.87. The molecule has 3 N–H and O–H groups in total. The monoisotopic (exact) mass is 438 g/mol. The number of nitrogen functional groups attached to an aromatic ring is 1. The van der Waals surface area contributed by atoms with Crippen molar-refractivity contribution in [3.63, 3.8) is 0 Å². The summed E-state index contributed by atoms with van der Waals surface area (Å²) in [4.78, 5) is 4.70. The largest absolute Gasteiger partial charge is 0.396 e. The van der Waals surface area contributed by atoms with E-state index in [2.05, 4.69) is 16.5 Å². The summed E-state index contributed by atoms with van der Waals surface area (Å²) in [6, 6.07) is 5.68. The number of nitrogens with two attached hydrogens (primary N) is 1. The number of alkyl halides is 1. The molecule has 2 heterocycles. The molecule has 1 saturated carbocycles. The van der Waals surface area contributed by atoms with E-state index in [-0.39, 0.29) is 11.9 Å². The van der Waals surface area contributed by atoms with Gasteiger partial charge in [0.1, 0.15) is 12.5 Å². The third-order valence-corrected chi connectivity index (χ3v) is 6.84. The molecule has 1 aromatic carbocycles. The van der Waals surface area contributed by atoms with Crippen LogP contribution in [0.1, 0.15) is 54.8 Å². The highest BCUT2D eigenvalue weighted by molar-refractivity contribution is 6.02. The maximum absolute atomic E-state index is 14.5. The Bertz CT molecular complexity index is 1110. The van der Waals surface area contributed by atoms with Gasteiger partial charge >= 0.3 is 0 Å². The van der Waals surface area contributed by atoms with Crippen molar-refractivity contribution in [1.29, 1.82) is 0 Å². The zero-order valence-electron chi connectivity index (χ0n) is 18.9. The van der Waals surface area contributed by atoms with E-state index in [1.807, 2.05) is 32.2 Å². The van der Waals surface area contributed by atoms with Crippen molar-refractivity contribution in [3.05, 3.63) is 59.6 Å². The second kappa shape index (κ2) is 9.41. The fourth-order valence-corrected chi connectivity index (χ4v) is 4.50. The molecule has 1 atom stereocenters. The van der Waals surface area contributed by atoms with Crippen molar-refractivity contribution in [2.75, 3.05) is 12.4 Å². The number of halogens is 2. The van der Waals surface area contributed by atoms with Gasteiger partial charge in [-0.2, -0.15) is 0 Å². The van der Waals surface area contributed by atoms with Crippen LogP contribution in [0.5, 0.6) is 0 Å². The van der Waals surface area contributed by atoms with Crippen LogP contribution < -0.4 is 11.1 Å². The van der Waals surface area contributed by atoms with E-state index in [1.165, 1.54) is 6.42 Å². The van der Waals surface area contributed by atoms with Gasteiger partial charge in [-0.25, -0.2) is 8.78 Å². The number of hydrogen-bond acceptors (Lipinski definition) is 3. The molecule has 1 aliphatic rings. The Balaban J connectivity index is 1.68. The minimum atomic E-state index is -0.410. The number of aryl methyl sites for hydroxylation is 1. The number of nitrogens with zero attached hydrogens (tertiary/aromatic N) is 2. The molecular formula is C26H32F2N4. The highest BCUT2D eigenvalue weighted by atomic mass is 19.1. The minimum Gasteiger partial charge on any atom is -0.396 e. The predicted molar refractivity (Wildman–Crippen MR) is 128 cm³/mol. The first kappa shape index (κ1) is 22.5. The van der Waals surface area contributed by atoms with Gasteiger partial charge in [0.15, 0.2) is 0 Å². The zero-order chi connectivity index (χ0) is 22.8. The summed E-state index contributed by atoms with van der Waals surface area (Å²) in [7, 11) is 0. The summed E-state index contributed by atoms with van der Waals surface area (Å²) in [6.07, 6.45) is 8.48. The van der Waals surface area contributed by atoms with E-state index < -0.39 is 6.67 Å². The van der Waals surface area contributed by atoms with Gasteiger partial charge in [-0.15, -0.1) is 6.58 Å². The zero-order valence-corrected chi connectivity index (χ0v) is 18.9. The average Bonchev–Trinajstić information content (AvgIpc) is 3.03. The first-order valence-electron chi connectivity index (χ1n) is 11.4. The lowest BCUT2D eigenvalue weighted by molar-refractivity contribution is 0.324. The van der Waals surface area contributed by atoms with Crippen molar-refractivity contribution in [3.8, 4) is 11.4 Å². The number of nitrogens with one attached hydrogen (secondary N) is 1. The highest BCUT2D eigenvalue weighted by Gasteiger charge is 2.29. The van der Waals surface area contributed by atoms with Crippen LogP contribution in [-0.4, -0.2) is 22.3 Å². The van der Waals surface area contributed by atoms with Gasteiger partial charge in [-0.1, -0.05) is 12.1 Å². The lowest BCUT2D eigenvalue weighted by Gasteiger charge is -2.30. The average molecular weight is 439 g/mol. The molecule has 1 fully saturated rings. The molecule has 3 aromatic rings. The molecule has 170 valence electrons. The normalized spacial score (nSPS) is 15.1. The molecule has 4 rings (SSSR count). The number of benzene rings is 1. The summed E-state index contributed by atoms with van der Waals surface area (Å²) in [5, 5.41) is 4.00. The summed E-state index contributed by atoms with van der Waals surface area (Å²) in [6.45, 7) is 7.62. The molecule has 0 aliphatic heterocycles. The number of hydrogen-bond donors (Lipinski definition) is 2. The third kappa shape index (κ3) is 4.04. The van der Waals surface area contributed by atoms with Crippen LogP contribution in [0.4, 0.5) is 14.5 Å². The predicted octanol–water partition coefficient (Wildman–Crippen LogP) is 6.16. The van der Waals surface area contributed by atoms with Crippen molar-refractivity contribution in [1.82, 2.24) is 14.9 Å². The second-order valence-corrected chi connectivity index (χ2v) is 8.87. The number of pyridine rings is 1. The van der Waals surface area contributed by atoms with Crippen molar-refractivity contribution in [2.24, 2.45) is 0 Å². The van der Waals surface area contributed by atoms with Crippen LogP contribution in [0.3, 0.4) is 0 Å². The molecule has 0 amide bonds. The number of aromatic nitrogens is 2. The van der Waals surface area contributed by atoms with Crippen molar-refractivity contribution in [2.45, 2.75) is 64.6 Å². The van der Waals surface area contributed by atoms with E-state index in [9.17, 15) is 8.78 Å². The SMILES string of the molecule is C=CCCC(CF)NCc1ccc(-c2c(N)c3cc(F)c(C)c(C)c3n2C2CCC2)nc1. The Morgan fingerprint density at radius 2 is 2.09 bits per heavy atom. The van der Waals surface area contributed by atoms with Gasteiger partial charge < -0.3 is 15.6 Å².